The summed E-state index contributed by atoms with van der Waals surface area (Å²) in [4.78, 5) is 13.0. The standard InChI is InChI=1S/3C11H11N2.Ir/c3*1-9-11(12-8-13(9)2)10-6-4-3-5-7-10;/h3*3-6,8H,1-2H3;/q3*-1;. The van der Waals surface area contributed by atoms with Gasteiger partial charge in [0.15, 0.2) is 0 Å². The summed E-state index contributed by atoms with van der Waals surface area (Å²) in [5.41, 5.74) is 9.73. The number of aromatic nitrogens is 6. The second kappa shape index (κ2) is 14.4. The van der Waals surface area contributed by atoms with Gasteiger partial charge >= 0.3 is 0 Å². The maximum atomic E-state index is 4.32. The van der Waals surface area contributed by atoms with Gasteiger partial charge in [0, 0.05) is 58.3 Å². The Labute approximate surface area is 250 Å². The molecule has 0 aliphatic rings. The molecule has 1 radical (unpaired) electrons. The van der Waals surface area contributed by atoms with Crippen LogP contribution in [0.1, 0.15) is 17.1 Å². The number of rotatable bonds is 3. The van der Waals surface area contributed by atoms with Gasteiger partial charge in [-0.05, 0) is 37.9 Å². The fourth-order valence-electron chi connectivity index (χ4n) is 3.89. The molecule has 0 N–H and O–H groups in total. The van der Waals surface area contributed by atoms with E-state index in [0.717, 1.165) is 33.8 Å². The van der Waals surface area contributed by atoms with Gasteiger partial charge in [-0.25, -0.2) is 0 Å². The Bertz CT molecular complexity index is 1400. The van der Waals surface area contributed by atoms with Crippen molar-refractivity contribution in [3.63, 3.8) is 0 Å². The maximum absolute atomic E-state index is 4.32. The first-order valence-electron chi connectivity index (χ1n) is 12.7. The smallest absolute Gasteiger partial charge is 0.0837 e. The van der Waals surface area contributed by atoms with Gasteiger partial charge < -0.3 is 13.7 Å². The van der Waals surface area contributed by atoms with Crippen LogP contribution in [-0.4, -0.2) is 19.1 Å². The van der Waals surface area contributed by atoms with Crippen molar-refractivity contribution in [3.05, 3.63) is 127 Å². The molecule has 6 rings (SSSR count). The minimum absolute atomic E-state index is 0. The van der Waals surface area contributed by atoms with Crippen molar-refractivity contribution in [1.29, 1.82) is 0 Å². The summed E-state index contributed by atoms with van der Waals surface area (Å²) >= 11 is 0. The number of hydrogen-bond donors (Lipinski definition) is 0. The third-order valence-corrected chi connectivity index (χ3v) is 6.59. The average Bonchev–Trinajstić information content (AvgIpc) is 3.62. The van der Waals surface area contributed by atoms with Crippen LogP contribution in [0.2, 0.25) is 0 Å². The molecule has 6 aromatic rings. The Hall–Kier alpha value is -4.06. The third kappa shape index (κ3) is 7.32. The van der Waals surface area contributed by atoms with E-state index in [4.69, 9.17) is 0 Å². The van der Waals surface area contributed by atoms with Crippen LogP contribution in [0.25, 0.3) is 33.8 Å². The number of imidazole rings is 3. The average molecular weight is 706 g/mol. The Balaban J connectivity index is 0.000000163. The number of benzene rings is 3. The monoisotopic (exact) mass is 706 g/mol. The second-order valence-electron chi connectivity index (χ2n) is 9.20. The second-order valence-corrected chi connectivity index (χ2v) is 9.20. The van der Waals surface area contributed by atoms with Gasteiger partial charge in [0.2, 0.25) is 0 Å². The summed E-state index contributed by atoms with van der Waals surface area (Å²) in [6, 6.07) is 33.2. The quantitative estimate of drug-likeness (QED) is 0.177. The molecular weight excluding hydrogens is 673 g/mol. The van der Waals surface area contributed by atoms with Crippen molar-refractivity contribution in [2.45, 2.75) is 20.8 Å². The van der Waals surface area contributed by atoms with Gasteiger partial charge in [-0.2, -0.15) is 0 Å². The molecule has 0 aliphatic heterocycles. The van der Waals surface area contributed by atoms with Crippen LogP contribution >= 0.6 is 0 Å². The number of aryl methyl sites for hydroxylation is 3. The number of nitrogens with zero attached hydrogens (tertiary/aromatic N) is 6. The SMILES string of the molecule is Cc1c(-c2[c-]cccc2)[n-]c[n+]1C.Cc1c(-c2[c-]cccc2)ncn1C.Cc1c(-c2[c-]cccc2)ncn1C.[Ir]. The summed E-state index contributed by atoms with van der Waals surface area (Å²) in [6.45, 7) is 6.18. The molecule has 0 bridgehead atoms. The largest absolute Gasteiger partial charge is 0.347 e. The fourth-order valence-corrected chi connectivity index (χ4v) is 3.89. The van der Waals surface area contributed by atoms with Crippen LogP contribution in [0.3, 0.4) is 0 Å². The van der Waals surface area contributed by atoms with E-state index < -0.39 is 0 Å². The van der Waals surface area contributed by atoms with E-state index >= 15 is 0 Å². The molecule has 40 heavy (non-hydrogen) atoms. The molecule has 0 atom stereocenters. The summed E-state index contributed by atoms with van der Waals surface area (Å²) in [5, 5.41) is 0. The predicted octanol–water partition coefficient (Wildman–Crippen LogP) is 5.63. The van der Waals surface area contributed by atoms with Gasteiger partial charge in [-0.3, -0.25) is 15.0 Å². The zero-order valence-corrected chi connectivity index (χ0v) is 26.1. The van der Waals surface area contributed by atoms with E-state index in [-0.39, 0.29) is 20.1 Å². The van der Waals surface area contributed by atoms with Gasteiger partial charge in [-0.15, -0.1) is 108 Å². The molecular formula is C33H33IrN6-3. The zero-order chi connectivity index (χ0) is 27.8. The topological polar surface area (TPSA) is 53.6 Å². The summed E-state index contributed by atoms with van der Waals surface area (Å²) in [6.07, 6.45) is 5.47. The van der Waals surface area contributed by atoms with Crippen molar-refractivity contribution in [2.24, 2.45) is 21.1 Å². The minimum atomic E-state index is 0. The van der Waals surface area contributed by atoms with Crippen molar-refractivity contribution in [2.75, 3.05) is 0 Å². The first-order valence-corrected chi connectivity index (χ1v) is 12.7. The molecule has 0 saturated heterocycles. The van der Waals surface area contributed by atoms with E-state index in [9.17, 15) is 0 Å². The minimum Gasteiger partial charge on any atom is -0.347 e. The van der Waals surface area contributed by atoms with Gasteiger partial charge in [0.25, 0.3) is 0 Å². The van der Waals surface area contributed by atoms with Crippen LogP contribution < -0.4 is 9.55 Å². The molecule has 0 aliphatic carbocycles. The van der Waals surface area contributed by atoms with Crippen LogP contribution in [0.4, 0.5) is 0 Å². The normalized spacial score (nSPS) is 10.1. The molecule has 3 heterocycles. The fraction of sp³-hybridized carbons (Fsp3) is 0.182. The molecule has 0 unspecified atom stereocenters. The summed E-state index contributed by atoms with van der Waals surface area (Å²) < 4.78 is 6.03. The van der Waals surface area contributed by atoms with E-state index in [1.807, 2.05) is 127 Å². The van der Waals surface area contributed by atoms with Crippen LogP contribution in [0, 0.1) is 39.0 Å². The molecule has 7 heteroatoms. The van der Waals surface area contributed by atoms with Crippen molar-refractivity contribution in [1.82, 2.24) is 24.1 Å². The molecule has 0 amide bonds. The first-order chi connectivity index (χ1) is 18.9. The maximum Gasteiger partial charge on any atom is 0.0837 e. The molecule has 0 spiro atoms. The molecule has 0 saturated carbocycles. The van der Waals surface area contributed by atoms with Crippen molar-refractivity contribution in [3.8, 4) is 33.8 Å². The molecule has 6 nitrogen and oxygen atoms in total. The Morgan fingerprint density at radius 2 is 1.10 bits per heavy atom. The van der Waals surface area contributed by atoms with E-state index in [2.05, 4.69) is 53.9 Å². The Kier molecular flexibility index (Phi) is 10.9. The summed E-state index contributed by atoms with van der Waals surface area (Å²) in [5.74, 6) is 0. The van der Waals surface area contributed by atoms with Crippen LogP contribution in [0.15, 0.2) is 91.8 Å². The third-order valence-electron chi connectivity index (χ3n) is 6.59. The van der Waals surface area contributed by atoms with E-state index in [1.54, 1.807) is 0 Å². The number of hydrogen-bond acceptors (Lipinski definition) is 2. The van der Waals surface area contributed by atoms with Crippen LogP contribution in [0.5, 0.6) is 0 Å². The predicted molar refractivity (Wildman–Crippen MR) is 154 cm³/mol. The first kappa shape index (κ1) is 30.5. The van der Waals surface area contributed by atoms with Crippen LogP contribution in [-0.2, 0) is 41.2 Å². The van der Waals surface area contributed by atoms with Gasteiger partial charge in [-0.1, -0.05) is 0 Å². The zero-order valence-electron chi connectivity index (χ0n) is 23.7. The molecule has 3 aromatic heterocycles. The Morgan fingerprint density at radius 3 is 1.40 bits per heavy atom. The van der Waals surface area contributed by atoms with Gasteiger partial charge in [0.1, 0.15) is 0 Å². The van der Waals surface area contributed by atoms with Gasteiger partial charge in [0.05, 0.1) is 19.0 Å². The van der Waals surface area contributed by atoms with Crippen molar-refractivity contribution < 1.29 is 24.7 Å². The van der Waals surface area contributed by atoms with Crippen molar-refractivity contribution >= 4 is 0 Å². The molecule has 0 fully saturated rings. The molecule has 3 aromatic carbocycles. The molecule has 207 valence electrons. The summed E-state index contributed by atoms with van der Waals surface area (Å²) in [7, 11) is 5.98. The van der Waals surface area contributed by atoms with E-state index in [0.29, 0.717) is 0 Å². The Morgan fingerprint density at radius 1 is 0.675 bits per heavy atom. The van der Waals surface area contributed by atoms with E-state index in [1.165, 1.54) is 17.1 Å².